The molecule has 2 bridgehead atoms. The maximum atomic E-state index is 12.7. The molecule has 0 spiro atoms. The van der Waals surface area contributed by atoms with E-state index in [1.807, 2.05) is 6.92 Å². The highest BCUT2D eigenvalue weighted by molar-refractivity contribution is 9.10. The molecule has 2 aliphatic carbocycles. The summed E-state index contributed by atoms with van der Waals surface area (Å²) in [6.07, 6.45) is 0.656. The second-order valence-electron chi connectivity index (χ2n) is 7.94. The van der Waals surface area contributed by atoms with Gasteiger partial charge in [-0.05, 0) is 48.9 Å². The van der Waals surface area contributed by atoms with Gasteiger partial charge in [-0.25, -0.2) is 0 Å². The van der Waals surface area contributed by atoms with Crippen molar-refractivity contribution in [2.24, 2.45) is 23.7 Å². The van der Waals surface area contributed by atoms with Crippen molar-refractivity contribution in [3.63, 3.8) is 0 Å². The monoisotopic (exact) mass is 516 g/mol. The summed E-state index contributed by atoms with van der Waals surface area (Å²) >= 11 is 16.0. The molecule has 0 aromatic heterocycles. The van der Waals surface area contributed by atoms with E-state index in [2.05, 4.69) is 21.2 Å². The molecule has 1 N–H and O–H groups in total. The smallest absolute Gasteiger partial charge is 0.326 e. The molecule has 1 aromatic rings. The molecule has 160 valence electrons. The van der Waals surface area contributed by atoms with Crippen LogP contribution in [0.3, 0.4) is 0 Å². The molecule has 3 fully saturated rings. The number of carbonyl (C=O) groups excluding carboxylic acids is 4. The van der Waals surface area contributed by atoms with Crippen molar-refractivity contribution in [3.8, 4) is 0 Å². The van der Waals surface area contributed by atoms with E-state index in [0.29, 0.717) is 12.1 Å². The third-order valence-corrected chi connectivity index (χ3v) is 8.38. The Balaban J connectivity index is 1.31. The number of nitrogens with one attached hydrogen (secondary N) is 1. The fraction of sp³-hybridized carbons (Fsp3) is 0.500. The summed E-state index contributed by atoms with van der Waals surface area (Å²) in [6.45, 7) is 0.842. The fourth-order valence-corrected chi connectivity index (χ4v) is 5.95. The lowest BCUT2D eigenvalue weighted by Gasteiger charge is -2.28. The molecule has 3 aliphatic rings. The van der Waals surface area contributed by atoms with Crippen LogP contribution >= 0.6 is 39.1 Å². The second-order valence-corrected chi connectivity index (χ2v) is 9.80. The lowest BCUT2D eigenvalue weighted by atomic mass is 9.80. The van der Waals surface area contributed by atoms with E-state index in [1.54, 1.807) is 18.2 Å². The summed E-state index contributed by atoms with van der Waals surface area (Å²) in [6, 6.07) is 5.27. The predicted molar refractivity (Wildman–Crippen MR) is 113 cm³/mol. The number of halogens is 3. The van der Waals surface area contributed by atoms with Crippen molar-refractivity contribution in [2.75, 3.05) is 18.5 Å². The van der Waals surface area contributed by atoms with Crippen molar-refractivity contribution in [1.29, 1.82) is 0 Å². The molecule has 1 heterocycles. The Hall–Kier alpha value is -1.64. The topological polar surface area (TPSA) is 92.8 Å². The zero-order valence-corrected chi connectivity index (χ0v) is 19.0. The first-order chi connectivity index (χ1) is 14.2. The number of anilines is 1. The molecule has 0 unspecified atom stereocenters. The Morgan fingerprint density at radius 2 is 1.77 bits per heavy atom. The number of ether oxygens (including phenoxy) is 1. The minimum Gasteiger partial charge on any atom is -0.454 e. The number of imide groups is 1. The lowest BCUT2D eigenvalue weighted by molar-refractivity contribution is -0.154. The van der Waals surface area contributed by atoms with Crippen LogP contribution in [0.2, 0.25) is 0 Å². The van der Waals surface area contributed by atoms with E-state index in [4.69, 9.17) is 27.9 Å². The number of hydrogen-bond acceptors (Lipinski definition) is 5. The number of fused-ring (bicyclic) bond motifs is 5. The van der Waals surface area contributed by atoms with Gasteiger partial charge in [-0.1, -0.05) is 15.9 Å². The minimum atomic E-state index is -0.823. The van der Waals surface area contributed by atoms with Crippen molar-refractivity contribution >= 4 is 68.5 Å². The summed E-state index contributed by atoms with van der Waals surface area (Å²) in [4.78, 5) is 50.6. The molecule has 1 aliphatic heterocycles. The lowest BCUT2D eigenvalue weighted by Crippen LogP contribution is -2.38. The summed E-state index contributed by atoms with van der Waals surface area (Å²) in [5.74, 6) is -3.49. The maximum absolute atomic E-state index is 12.7. The van der Waals surface area contributed by atoms with E-state index in [0.717, 1.165) is 14.9 Å². The van der Waals surface area contributed by atoms with Crippen LogP contribution in [0.15, 0.2) is 22.7 Å². The number of hydrogen-bond donors (Lipinski definition) is 1. The van der Waals surface area contributed by atoms with Crippen LogP contribution in [-0.4, -0.2) is 52.5 Å². The van der Waals surface area contributed by atoms with Crippen LogP contribution < -0.4 is 5.32 Å². The third-order valence-electron chi connectivity index (χ3n) is 6.17. The second kappa shape index (κ2) is 8.13. The molecule has 4 rings (SSSR count). The van der Waals surface area contributed by atoms with Gasteiger partial charge in [-0.15, -0.1) is 23.2 Å². The quantitative estimate of drug-likeness (QED) is 0.368. The number of nitrogens with zero attached hydrogens (tertiary/aromatic N) is 1. The summed E-state index contributed by atoms with van der Waals surface area (Å²) < 4.78 is 5.87. The summed E-state index contributed by atoms with van der Waals surface area (Å²) in [5.41, 5.74) is 1.50. The highest BCUT2D eigenvalue weighted by Crippen LogP contribution is 2.59. The number of alkyl halides is 2. The molecule has 3 amide bonds. The largest absolute Gasteiger partial charge is 0.454 e. The molecule has 2 saturated carbocycles. The van der Waals surface area contributed by atoms with Crippen molar-refractivity contribution in [2.45, 2.75) is 24.1 Å². The predicted octanol–water partition coefficient (Wildman–Crippen LogP) is 2.70. The molecule has 0 radical (unpaired) electrons. The normalized spacial score (nSPS) is 31.8. The molecule has 30 heavy (non-hydrogen) atoms. The zero-order valence-electron chi connectivity index (χ0n) is 15.9. The van der Waals surface area contributed by atoms with Gasteiger partial charge in [0.15, 0.2) is 6.61 Å². The van der Waals surface area contributed by atoms with E-state index in [-0.39, 0.29) is 22.6 Å². The van der Waals surface area contributed by atoms with Gasteiger partial charge in [0, 0.05) is 10.2 Å². The first-order valence-electron chi connectivity index (χ1n) is 9.54. The first kappa shape index (κ1) is 21.6. The number of aryl methyl sites for hydroxylation is 1. The summed E-state index contributed by atoms with van der Waals surface area (Å²) in [7, 11) is 0. The zero-order chi connectivity index (χ0) is 21.7. The van der Waals surface area contributed by atoms with Gasteiger partial charge in [0.2, 0.25) is 11.8 Å². The standard InChI is InChI=1S/C20H19BrCl2N2O5/c1-8-4-9(2-3-12(8)21)24-13(26)7-30-14(27)6-25-19(28)15-10-5-11(16(15)20(25)29)18(23)17(10)22/h2-4,10-11,15-18H,5-7H2,1H3,(H,24,26)/t10-,11-,15-,16+,17+,18+/m1/s1. The van der Waals surface area contributed by atoms with E-state index in [1.165, 1.54) is 0 Å². The molecule has 6 atom stereocenters. The van der Waals surface area contributed by atoms with Gasteiger partial charge in [-0.2, -0.15) is 0 Å². The summed E-state index contributed by atoms with van der Waals surface area (Å²) in [5, 5.41) is 1.92. The van der Waals surface area contributed by atoms with Gasteiger partial charge in [-0.3, -0.25) is 24.1 Å². The van der Waals surface area contributed by atoms with Crippen LogP contribution in [0.25, 0.3) is 0 Å². The molecular weight excluding hydrogens is 499 g/mol. The van der Waals surface area contributed by atoms with Crippen LogP contribution in [-0.2, 0) is 23.9 Å². The number of carbonyl (C=O) groups is 4. The van der Waals surface area contributed by atoms with E-state index in [9.17, 15) is 19.2 Å². The van der Waals surface area contributed by atoms with Gasteiger partial charge in [0.1, 0.15) is 6.54 Å². The Kier molecular flexibility index (Phi) is 5.85. The highest BCUT2D eigenvalue weighted by Gasteiger charge is 2.66. The van der Waals surface area contributed by atoms with Gasteiger partial charge < -0.3 is 10.1 Å². The van der Waals surface area contributed by atoms with Crippen LogP contribution in [0.4, 0.5) is 5.69 Å². The van der Waals surface area contributed by atoms with Crippen LogP contribution in [0.5, 0.6) is 0 Å². The van der Waals surface area contributed by atoms with Crippen molar-refractivity contribution in [3.05, 3.63) is 28.2 Å². The van der Waals surface area contributed by atoms with Gasteiger partial charge >= 0.3 is 5.97 Å². The highest BCUT2D eigenvalue weighted by atomic mass is 79.9. The SMILES string of the molecule is Cc1cc(NC(=O)COC(=O)CN2C(=O)[C@@H]3[C@H]4C[C@@H]([C@H](Cl)[C@H]4Cl)[C@@H]3C2=O)ccc1Br. The maximum Gasteiger partial charge on any atom is 0.326 e. The average molecular weight is 518 g/mol. The van der Waals surface area contributed by atoms with Crippen LogP contribution in [0, 0.1) is 30.6 Å². The number of rotatable bonds is 5. The first-order valence-corrected chi connectivity index (χ1v) is 11.2. The molecular formula is C20H19BrCl2N2O5. The Bertz CT molecular complexity index is 910. The number of likely N-dealkylation sites (tertiary alicyclic amines) is 1. The van der Waals surface area contributed by atoms with E-state index >= 15 is 0 Å². The Morgan fingerprint density at radius 1 is 1.17 bits per heavy atom. The minimum absolute atomic E-state index is 0.151. The molecule has 10 heteroatoms. The Labute approximate surface area is 191 Å². The van der Waals surface area contributed by atoms with Crippen molar-refractivity contribution < 1.29 is 23.9 Å². The average Bonchev–Trinajstić information content (AvgIpc) is 3.30. The number of esters is 1. The fourth-order valence-electron chi connectivity index (χ4n) is 4.81. The van der Waals surface area contributed by atoms with Crippen LogP contribution in [0.1, 0.15) is 12.0 Å². The molecule has 7 nitrogen and oxygen atoms in total. The third kappa shape index (κ3) is 3.63. The molecule has 1 saturated heterocycles. The number of amides is 3. The Morgan fingerprint density at radius 3 is 2.33 bits per heavy atom. The van der Waals surface area contributed by atoms with Crippen molar-refractivity contribution in [1.82, 2.24) is 4.90 Å². The van der Waals surface area contributed by atoms with E-state index < -0.39 is 48.7 Å². The van der Waals surface area contributed by atoms with Gasteiger partial charge in [0.25, 0.3) is 5.91 Å². The van der Waals surface area contributed by atoms with Gasteiger partial charge in [0.05, 0.1) is 22.6 Å². The molecule has 1 aromatic carbocycles. The number of benzene rings is 1.